The summed E-state index contributed by atoms with van der Waals surface area (Å²) in [6.45, 7) is 0.241. The number of hydrogen-bond acceptors (Lipinski definition) is 4. The van der Waals surface area contributed by atoms with Gasteiger partial charge in [-0.3, -0.25) is 0 Å². The predicted molar refractivity (Wildman–Crippen MR) is 82.0 cm³/mol. The fraction of sp³-hybridized carbons (Fsp3) is 0.133. The van der Waals surface area contributed by atoms with Gasteiger partial charge in [0, 0.05) is 6.54 Å². The Morgan fingerprint density at radius 2 is 1.68 bits per heavy atom. The van der Waals surface area contributed by atoms with Crippen molar-refractivity contribution < 1.29 is 17.9 Å². The van der Waals surface area contributed by atoms with Crippen molar-refractivity contribution in [3.05, 3.63) is 60.2 Å². The molecule has 0 fully saturated rings. The van der Waals surface area contributed by atoms with Crippen molar-refractivity contribution in [2.45, 2.75) is 11.4 Å². The third-order valence-corrected chi connectivity index (χ3v) is 4.24. The first-order valence-corrected chi connectivity index (χ1v) is 7.98. The molecule has 2 rings (SSSR count). The summed E-state index contributed by atoms with van der Waals surface area (Å²) >= 11 is 0. The molecule has 0 radical (unpaired) electrons. The number of carbonyl (C=O) groups excluding carboxylic acids is 1. The van der Waals surface area contributed by atoms with E-state index in [1.165, 1.54) is 31.4 Å². The maximum Gasteiger partial charge on any atom is 0.328 e. The van der Waals surface area contributed by atoms with Crippen molar-refractivity contribution in [1.82, 2.24) is 10.0 Å². The topological polar surface area (TPSA) is 84.5 Å². The fourth-order valence-corrected chi connectivity index (χ4v) is 2.68. The fourth-order valence-electron chi connectivity index (χ4n) is 1.75. The third-order valence-electron chi connectivity index (χ3n) is 2.89. The lowest BCUT2D eigenvalue weighted by Gasteiger charge is -2.09. The van der Waals surface area contributed by atoms with Gasteiger partial charge in [-0.2, -0.15) is 0 Å². The van der Waals surface area contributed by atoms with Crippen LogP contribution in [0.1, 0.15) is 5.56 Å². The lowest BCUT2D eigenvalue weighted by Crippen LogP contribution is -2.39. The maximum atomic E-state index is 12.0. The number of sulfonamides is 1. The molecule has 0 saturated carbocycles. The van der Waals surface area contributed by atoms with Gasteiger partial charge in [-0.05, 0) is 29.8 Å². The van der Waals surface area contributed by atoms with Crippen LogP contribution in [-0.4, -0.2) is 21.6 Å². The van der Waals surface area contributed by atoms with E-state index in [9.17, 15) is 13.2 Å². The molecule has 2 N–H and O–H groups in total. The molecule has 0 heterocycles. The number of ether oxygens (including phenoxy) is 1. The van der Waals surface area contributed by atoms with Crippen molar-refractivity contribution in [1.29, 1.82) is 0 Å². The number of carbonyl (C=O) groups is 1. The van der Waals surface area contributed by atoms with E-state index in [1.807, 2.05) is 35.1 Å². The number of hydrogen-bond donors (Lipinski definition) is 2. The Labute approximate surface area is 129 Å². The molecular weight excluding hydrogens is 304 g/mol. The first-order valence-electron chi connectivity index (χ1n) is 6.50. The molecule has 0 aliphatic rings. The average molecular weight is 320 g/mol. The zero-order valence-corrected chi connectivity index (χ0v) is 12.8. The summed E-state index contributed by atoms with van der Waals surface area (Å²) in [7, 11) is -2.42. The van der Waals surface area contributed by atoms with Gasteiger partial charge >= 0.3 is 6.03 Å². The quantitative estimate of drug-likeness (QED) is 0.881. The normalized spacial score (nSPS) is 10.8. The molecule has 0 bridgehead atoms. The van der Waals surface area contributed by atoms with E-state index in [2.05, 4.69) is 5.32 Å². The van der Waals surface area contributed by atoms with E-state index >= 15 is 0 Å². The van der Waals surface area contributed by atoms with Crippen LogP contribution >= 0.6 is 0 Å². The Morgan fingerprint density at radius 1 is 1.05 bits per heavy atom. The number of amides is 2. The molecule has 0 atom stereocenters. The second kappa shape index (κ2) is 6.95. The van der Waals surface area contributed by atoms with Crippen LogP contribution in [0.2, 0.25) is 0 Å². The predicted octanol–water partition coefficient (Wildman–Crippen LogP) is 1.88. The van der Waals surface area contributed by atoms with Crippen LogP contribution in [0.4, 0.5) is 4.79 Å². The highest BCUT2D eigenvalue weighted by atomic mass is 32.2. The van der Waals surface area contributed by atoms with Gasteiger partial charge in [0.15, 0.2) is 0 Å². The Morgan fingerprint density at radius 3 is 2.27 bits per heavy atom. The lowest BCUT2D eigenvalue weighted by atomic mass is 10.2. The number of nitrogens with one attached hydrogen (secondary N) is 2. The van der Waals surface area contributed by atoms with Gasteiger partial charge in [-0.15, -0.1) is 0 Å². The Bertz CT molecular complexity index is 728. The molecule has 6 nitrogen and oxygen atoms in total. The molecule has 0 aliphatic heterocycles. The van der Waals surface area contributed by atoms with E-state index in [4.69, 9.17) is 4.74 Å². The van der Waals surface area contributed by atoms with Crippen LogP contribution in [-0.2, 0) is 16.6 Å². The van der Waals surface area contributed by atoms with Crippen molar-refractivity contribution in [2.75, 3.05) is 7.11 Å². The number of benzene rings is 2. The van der Waals surface area contributed by atoms with Crippen LogP contribution in [0.3, 0.4) is 0 Å². The molecule has 116 valence electrons. The maximum absolute atomic E-state index is 12.0. The zero-order valence-electron chi connectivity index (χ0n) is 11.9. The highest BCUT2D eigenvalue weighted by Gasteiger charge is 2.17. The molecule has 2 amide bonds. The minimum absolute atomic E-state index is 0.0110. The van der Waals surface area contributed by atoms with Gasteiger partial charge in [-0.1, -0.05) is 30.3 Å². The van der Waals surface area contributed by atoms with E-state index in [-0.39, 0.29) is 11.4 Å². The van der Waals surface area contributed by atoms with Gasteiger partial charge in [0.2, 0.25) is 0 Å². The average Bonchev–Trinajstić information content (AvgIpc) is 2.53. The van der Waals surface area contributed by atoms with Crippen LogP contribution in [0.25, 0.3) is 0 Å². The van der Waals surface area contributed by atoms with Crippen molar-refractivity contribution >= 4 is 16.1 Å². The standard InChI is InChI=1S/C15H16N2O4S/c1-21-13-7-9-14(10-8-13)22(19,20)17-15(18)16-11-12-5-3-2-4-6-12/h2-10H,11H2,1H3,(H2,16,17,18). The molecule has 0 aromatic heterocycles. The Kier molecular flexibility index (Phi) is 5.00. The minimum atomic E-state index is -3.91. The zero-order chi connectivity index (χ0) is 16.0. The smallest absolute Gasteiger partial charge is 0.328 e. The molecule has 2 aromatic carbocycles. The van der Waals surface area contributed by atoms with Gasteiger partial charge in [0.05, 0.1) is 12.0 Å². The van der Waals surface area contributed by atoms with Crippen LogP contribution in [0.15, 0.2) is 59.5 Å². The van der Waals surface area contributed by atoms with Crippen LogP contribution in [0.5, 0.6) is 5.75 Å². The van der Waals surface area contributed by atoms with Crippen molar-refractivity contribution in [3.63, 3.8) is 0 Å². The minimum Gasteiger partial charge on any atom is -0.497 e. The largest absolute Gasteiger partial charge is 0.497 e. The molecule has 0 saturated heterocycles. The van der Waals surface area contributed by atoms with Gasteiger partial charge in [0.25, 0.3) is 10.0 Å². The summed E-state index contributed by atoms with van der Waals surface area (Å²) in [5.41, 5.74) is 0.875. The summed E-state index contributed by atoms with van der Waals surface area (Å²) in [5.74, 6) is 0.535. The van der Waals surface area contributed by atoms with E-state index in [0.717, 1.165) is 5.56 Å². The lowest BCUT2D eigenvalue weighted by molar-refractivity contribution is 0.245. The number of methoxy groups -OCH3 is 1. The molecule has 0 unspecified atom stereocenters. The molecule has 0 aliphatic carbocycles. The summed E-state index contributed by atoms with van der Waals surface area (Å²) < 4.78 is 31.0. The SMILES string of the molecule is COc1ccc(S(=O)(=O)NC(=O)NCc2ccccc2)cc1. The van der Waals surface area contributed by atoms with E-state index < -0.39 is 16.1 Å². The van der Waals surface area contributed by atoms with Gasteiger partial charge in [0.1, 0.15) is 5.75 Å². The Hall–Kier alpha value is -2.54. The van der Waals surface area contributed by atoms with Crippen molar-refractivity contribution in [2.24, 2.45) is 0 Å². The summed E-state index contributed by atoms with van der Waals surface area (Å²) in [6.07, 6.45) is 0. The third kappa shape index (κ3) is 4.23. The number of rotatable bonds is 5. The monoisotopic (exact) mass is 320 g/mol. The second-order valence-corrected chi connectivity index (χ2v) is 6.13. The summed E-state index contributed by atoms with van der Waals surface area (Å²) in [5, 5.41) is 2.49. The van der Waals surface area contributed by atoms with E-state index in [1.54, 1.807) is 0 Å². The van der Waals surface area contributed by atoms with Crippen LogP contribution in [0, 0.1) is 0 Å². The highest BCUT2D eigenvalue weighted by molar-refractivity contribution is 7.90. The van der Waals surface area contributed by atoms with Crippen molar-refractivity contribution in [3.8, 4) is 5.75 Å². The molecule has 7 heteroatoms. The van der Waals surface area contributed by atoms with Gasteiger partial charge in [-0.25, -0.2) is 17.9 Å². The first kappa shape index (κ1) is 15.8. The summed E-state index contributed by atoms with van der Waals surface area (Å²) in [6, 6.07) is 14.2. The number of urea groups is 1. The molecule has 0 spiro atoms. The highest BCUT2D eigenvalue weighted by Crippen LogP contribution is 2.15. The van der Waals surface area contributed by atoms with Crippen LogP contribution < -0.4 is 14.8 Å². The Balaban J connectivity index is 1.97. The van der Waals surface area contributed by atoms with E-state index in [0.29, 0.717) is 5.75 Å². The first-order chi connectivity index (χ1) is 10.5. The summed E-state index contributed by atoms with van der Waals surface area (Å²) in [4.78, 5) is 11.7. The molecule has 22 heavy (non-hydrogen) atoms. The van der Waals surface area contributed by atoms with Gasteiger partial charge < -0.3 is 10.1 Å². The molecule has 2 aromatic rings. The second-order valence-electron chi connectivity index (χ2n) is 4.45. The molecular formula is C15H16N2O4S.